The molecular formula is C9H10ClF2N3O2S. The second-order valence-electron chi connectivity index (χ2n) is 3.25. The first kappa shape index (κ1) is 15.1. The van der Waals surface area contributed by atoms with Gasteiger partial charge in [0.2, 0.25) is 0 Å². The van der Waals surface area contributed by atoms with Crippen molar-refractivity contribution in [2.45, 2.75) is 11.1 Å². The number of aliphatic hydroxyl groups excluding tert-OH is 1. The first-order chi connectivity index (χ1) is 8.39. The highest BCUT2D eigenvalue weighted by molar-refractivity contribution is 7.98. The molecule has 1 rings (SSSR count). The van der Waals surface area contributed by atoms with Crippen LogP contribution in [0.3, 0.4) is 0 Å². The lowest BCUT2D eigenvalue weighted by Crippen LogP contribution is -2.39. The number of aromatic nitrogens is 2. The molecule has 2 N–H and O–H groups in total. The van der Waals surface area contributed by atoms with Crippen molar-refractivity contribution in [3.63, 3.8) is 0 Å². The predicted octanol–water partition coefficient (Wildman–Crippen LogP) is 1.21. The fourth-order valence-electron chi connectivity index (χ4n) is 0.958. The Morgan fingerprint density at radius 3 is 2.89 bits per heavy atom. The van der Waals surface area contributed by atoms with E-state index in [0.717, 1.165) is 0 Å². The fraction of sp³-hybridized carbons (Fsp3) is 0.444. The standard InChI is InChI=1S/C9H10ClF2N3O2S/c1-18-8-13-2-5(10)6(15-8)7(17)14-3-9(11,12)4-16/h2,16H,3-4H2,1H3,(H,14,17). The summed E-state index contributed by atoms with van der Waals surface area (Å²) in [6.07, 6.45) is 2.92. The second-order valence-corrected chi connectivity index (χ2v) is 4.43. The second kappa shape index (κ2) is 6.26. The zero-order valence-electron chi connectivity index (χ0n) is 9.28. The maximum atomic E-state index is 12.7. The van der Waals surface area contributed by atoms with E-state index in [1.54, 1.807) is 6.26 Å². The van der Waals surface area contributed by atoms with Crippen molar-refractivity contribution in [1.82, 2.24) is 15.3 Å². The third-order valence-electron chi connectivity index (χ3n) is 1.86. The van der Waals surface area contributed by atoms with Crippen LogP contribution in [0.4, 0.5) is 8.78 Å². The van der Waals surface area contributed by atoms with Crippen molar-refractivity contribution in [3.05, 3.63) is 16.9 Å². The number of nitrogens with one attached hydrogen (secondary N) is 1. The molecule has 0 unspecified atom stereocenters. The first-order valence-corrected chi connectivity index (χ1v) is 6.33. The monoisotopic (exact) mass is 297 g/mol. The Bertz CT molecular complexity index is 448. The number of carbonyl (C=O) groups excluding carboxylic acids is 1. The molecule has 1 amide bonds. The average Bonchev–Trinajstić information content (AvgIpc) is 2.36. The minimum Gasteiger partial charge on any atom is -0.390 e. The molecule has 0 spiro atoms. The summed E-state index contributed by atoms with van der Waals surface area (Å²) in [5, 5.41) is 10.6. The molecule has 0 saturated carbocycles. The number of nitrogens with zero attached hydrogens (tertiary/aromatic N) is 2. The van der Waals surface area contributed by atoms with Crippen LogP contribution in [-0.4, -0.2) is 46.3 Å². The largest absolute Gasteiger partial charge is 0.390 e. The maximum Gasteiger partial charge on any atom is 0.287 e. The number of hydrogen-bond acceptors (Lipinski definition) is 5. The number of hydrogen-bond donors (Lipinski definition) is 2. The topological polar surface area (TPSA) is 75.1 Å². The van der Waals surface area contributed by atoms with Gasteiger partial charge >= 0.3 is 0 Å². The molecule has 9 heteroatoms. The molecule has 0 aliphatic rings. The number of thioether (sulfide) groups is 1. The van der Waals surface area contributed by atoms with E-state index in [0.29, 0.717) is 5.16 Å². The van der Waals surface area contributed by atoms with Crippen molar-refractivity contribution in [3.8, 4) is 0 Å². The van der Waals surface area contributed by atoms with Crippen LogP contribution in [0.25, 0.3) is 0 Å². The number of rotatable bonds is 5. The Morgan fingerprint density at radius 1 is 1.67 bits per heavy atom. The highest BCUT2D eigenvalue weighted by Crippen LogP contribution is 2.17. The molecule has 0 aliphatic heterocycles. The first-order valence-electron chi connectivity index (χ1n) is 4.73. The van der Waals surface area contributed by atoms with E-state index >= 15 is 0 Å². The molecule has 100 valence electrons. The number of carbonyl (C=O) groups is 1. The number of alkyl halides is 2. The van der Waals surface area contributed by atoms with E-state index in [9.17, 15) is 13.6 Å². The summed E-state index contributed by atoms with van der Waals surface area (Å²) in [5.74, 6) is -4.22. The zero-order valence-corrected chi connectivity index (χ0v) is 10.9. The zero-order chi connectivity index (χ0) is 13.8. The third-order valence-corrected chi connectivity index (χ3v) is 2.70. The van der Waals surface area contributed by atoms with Crippen LogP contribution in [0.5, 0.6) is 0 Å². The van der Waals surface area contributed by atoms with Gasteiger partial charge in [-0.15, -0.1) is 0 Å². The van der Waals surface area contributed by atoms with Gasteiger partial charge in [-0.05, 0) is 6.26 Å². The summed E-state index contributed by atoms with van der Waals surface area (Å²) in [6, 6.07) is 0. The molecular weight excluding hydrogens is 288 g/mol. The lowest BCUT2D eigenvalue weighted by Gasteiger charge is -2.14. The van der Waals surface area contributed by atoms with Crippen LogP contribution < -0.4 is 5.32 Å². The van der Waals surface area contributed by atoms with E-state index in [1.165, 1.54) is 18.0 Å². The van der Waals surface area contributed by atoms with Crippen LogP contribution >= 0.6 is 23.4 Å². The Hall–Kier alpha value is -0.990. The van der Waals surface area contributed by atoms with Gasteiger partial charge in [-0.25, -0.2) is 18.7 Å². The van der Waals surface area contributed by atoms with Crippen molar-refractivity contribution >= 4 is 29.3 Å². The number of amides is 1. The molecule has 1 aromatic heterocycles. The molecule has 18 heavy (non-hydrogen) atoms. The van der Waals surface area contributed by atoms with Gasteiger partial charge in [0, 0.05) is 0 Å². The van der Waals surface area contributed by atoms with Crippen molar-refractivity contribution in [1.29, 1.82) is 0 Å². The highest BCUT2D eigenvalue weighted by atomic mass is 35.5. The van der Waals surface area contributed by atoms with Crippen molar-refractivity contribution in [2.75, 3.05) is 19.4 Å². The van der Waals surface area contributed by atoms with Crippen LogP contribution in [0.1, 0.15) is 10.5 Å². The quantitative estimate of drug-likeness (QED) is 0.631. The molecule has 0 saturated heterocycles. The van der Waals surface area contributed by atoms with Gasteiger partial charge in [0.15, 0.2) is 10.9 Å². The van der Waals surface area contributed by atoms with E-state index in [1.807, 2.05) is 5.32 Å². The Morgan fingerprint density at radius 2 is 2.33 bits per heavy atom. The predicted molar refractivity (Wildman–Crippen MR) is 63.2 cm³/mol. The molecule has 1 heterocycles. The van der Waals surface area contributed by atoms with Crippen molar-refractivity contribution < 1.29 is 18.7 Å². The Labute approximate surface area is 111 Å². The van der Waals surface area contributed by atoms with Crippen LogP contribution in [0, 0.1) is 0 Å². The molecule has 0 fully saturated rings. The minimum atomic E-state index is -3.38. The summed E-state index contributed by atoms with van der Waals surface area (Å²) in [7, 11) is 0. The van der Waals surface area contributed by atoms with Crippen LogP contribution in [0.2, 0.25) is 5.02 Å². The SMILES string of the molecule is CSc1ncc(Cl)c(C(=O)NCC(F)(F)CO)n1. The summed E-state index contributed by atoms with van der Waals surface area (Å²) >= 11 is 6.89. The summed E-state index contributed by atoms with van der Waals surface area (Å²) in [5.41, 5.74) is -0.176. The lowest BCUT2D eigenvalue weighted by molar-refractivity contribution is -0.0462. The minimum absolute atomic E-state index is 0.0300. The van der Waals surface area contributed by atoms with Gasteiger partial charge in [0.05, 0.1) is 17.8 Å². The van der Waals surface area contributed by atoms with E-state index in [4.69, 9.17) is 16.7 Å². The Kier molecular flexibility index (Phi) is 5.24. The molecule has 0 bridgehead atoms. The average molecular weight is 298 g/mol. The molecule has 0 atom stereocenters. The van der Waals surface area contributed by atoms with E-state index < -0.39 is 25.0 Å². The normalized spacial score (nSPS) is 11.4. The maximum absolute atomic E-state index is 12.7. The van der Waals surface area contributed by atoms with Crippen molar-refractivity contribution in [2.24, 2.45) is 0 Å². The Balaban J connectivity index is 2.78. The summed E-state index contributed by atoms with van der Waals surface area (Å²) in [6.45, 7) is -2.34. The smallest absolute Gasteiger partial charge is 0.287 e. The van der Waals surface area contributed by atoms with Gasteiger partial charge in [0.1, 0.15) is 6.61 Å². The van der Waals surface area contributed by atoms with Gasteiger partial charge in [0.25, 0.3) is 11.8 Å². The van der Waals surface area contributed by atoms with Gasteiger partial charge in [-0.1, -0.05) is 23.4 Å². The molecule has 0 aliphatic carbocycles. The van der Waals surface area contributed by atoms with Crippen LogP contribution in [-0.2, 0) is 0 Å². The van der Waals surface area contributed by atoms with Gasteiger partial charge in [-0.3, -0.25) is 4.79 Å². The molecule has 0 radical (unpaired) electrons. The fourth-order valence-corrected chi connectivity index (χ4v) is 1.48. The van der Waals surface area contributed by atoms with E-state index in [-0.39, 0.29) is 10.7 Å². The highest BCUT2D eigenvalue weighted by Gasteiger charge is 2.29. The number of aliphatic hydroxyl groups is 1. The summed E-state index contributed by atoms with van der Waals surface area (Å²) < 4.78 is 25.5. The molecule has 1 aromatic rings. The van der Waals surface area contributed by atoms with Gasteiger partial charge in [-0.2, -0.15) is 0 Å². The van der Waals surface area contributed by atoms with Gasteiger partial charge < -0.3 is 10.4 Å². The molecule has 0 aromatic carbocycles. The lowest BCUT2D eigenvalue weighted by atomic mass is 10.3. The third kappa shape index (κ3) is 4.04. The van der Waals surface area contributed by atoms with Crippen LogP contribution in [0.15, 0.2) is 11.4 Å². The number of halogens is 3. The summed E-state index contributed by atoms with van der Waals surface area (Å²) in [4.78, 5) is 19.2. The molecule has 5 nitrogen and oxygen atoms in total. The van der Waals surface area contributed by atoms with E-state index in [2.05, 4.69) is 9.97 Å².